The maximum absolute atomic E-state index is 6.65. The average molecular weight is 851 g/mol. The second-order valence-electron chi connectivity index (χ2n) is 6.88. The highest BCUT2D eigenvalue weighted by atomic mass is 35.6. The van der Waals surface area contributed by atoms with E-state index in [4.69, 9.17) is 209 Å². The Balaban J connectivity index is 3.99. The number of hydrogen-bond donors (Lipinski definition) is 0. The van der Waals surface area contributed by atoms with Gasteiger partial charge in [-0.1, -0.05) is 234 Å². The second-order valence-corrected chi connectivity index (χ2v) is 19.4. The Kier molecular flexibility index (Phi) is 13.1. The van der Waals surface area contributed by atoms with Crippen LogP contribution < -0.4 is 0 Å². The minimum absolute atomic E-state index is 0.0367. The van der Waals surface area contributed by atoms with E-state index in [2.05, 4.69) is 6.92 Å². The van der Waals surface area contributed by atoms with Crippen LogP contribution in [0.4, 0.5) is 0 Å². The molecule has 1 aromatic rings. The van der Waals surface area contributed by atoms with Crippen LogP contribution in [0.15, 0.2) is 18.2 Å². The molecule has 18 heteroatoms. The summed E-state index contributed by atoms with van der Waals surface area (Å²) < 4.78 is -20.1. The fourth-order valence-corrected chi connectivity index (χ4v) is 7.34. The summed E-state index contributed by atoms with van der Waals surface area (Å²) in [4.78, 5) is 0. The normalized spacial score (nSPS) is 15.5. The van der Waals surface area contributed by atoms with Gasteiger partial charge in [-0.2, -0.15) is 0 Å². The van der Waals surface area contributed by atoms with E-state index in [0.29, 0.717) is 0 Å². The second kappa shape index (κ2) is 12.2. The summed E-state index contributed by atoms with van der Waals surface area (Å²) in [6.07, 6.45) is 0.305. The third-order valence-electron chi connectivity index (χ3n) is 4.57. The lowest BCUT2D eigenvalue weighted by molar-refractivity contribution is 0.582. The summed E-state index contributed by atoms with van der Waals surface area (Å²) in [6, 6.07) is 4.19. The van der Waals surface area contributed by atoms with Crippen molar-refractivity contribution in [3.05, 3.63) is 41.8 Å². The van der Waals surface area contributed by atoms with Crippen molar-refractivity contribution in [2.45, 2.75) is 46.4 Å². The van der Waals surface area contributed by atoms with Gasteiger partial charge >= 0.3 is 0 Å². The molecule has 0 saturated heterocycles. The van der Waals surface area contributed by atoms with Crippen LogP contribution in [0.1, 0.15) is 23.1 Å². The molecule has 0 atom stereocenters. The number of benzene rings is 1. The van der Waals surface area contributed by atoms with Crippen molar-refractivity contribution in [2.24, 2.45) is 0 Å². The van der Waals surface area contributed by atoms with Gasteiger partial charge in [-0.25, -0.2) is 0 Å². The summed E-state index contributed by atoms with van der Waals surface area (Å²) in [6.45, 7) is 3.79. The molecule has 0 fully saturated rings. The summed E-state index contributed by atoms with van der Waals surface area (Å²) >= 11 is 113. The standard InChI is InChI=1S/C17H9Cl18/c1-2-4-7-8(10(18,19)12(22,23)14(26,27)16(30,31)32)5-3-6-9(7)11(20,21)13(24,25)15(28,29)17(33,34)35/h3,5-6H,1-2,4H2. The van der Waals surface area contributed by atoms with E-state index < -0.39 is 33.6 Å². The van der Waals surface area contributed by atoms with E-state index in [1.54, 1.807) is 0 Å². The first kappa shape index (κ1) is 37.5. The first-order valence-corrected chi connectivity index (χ1v) is 15.3. The molecule has 203 valence electrons. The monoisotopic (exact) mass is 843 g/mol. The number of hydrogen-bond acceptors (Lipinski definition) is 0. The molecule has 0 aromatic heterocycles. The Hall–Kier alpha value is 4.44. The molecule has 0 spiro atoms. The van der Waals surface area contributed by atoms with Gasteiger partial charge in [0.05, 0.1) is 0 Å². The van der Waals surface area contributed by atoms with Crippen molar-refractivity contribution in [1.82, 2.24) is 0 Å². The third-order valence-corrected chi connectivity index (χ3v) is 15.5. The van der Waals surface area contributed by atoms with Crippen LogP contribution in [0.3, 0.4) is 0 Å². The molecule has 0 bridgehead atoms. The maximum Gasteiger partial charge on any atom is 0.226 e. The Morgan fingerprint density at radius 3 is 1.00 bits per heavy atom. The molecule has 0 aliphatic rings. The van der Waals surface area contributed by atoms with Gasteiger partial charge in [0.1, 0.15) is 0 Å². The zero-order chi connectivity index (χ0) is 28.3. The molecule has 0 unspecified atom stereocenters. The minimum atomic E-state index is -2.59. The Bertz CT molecular complexity index is 836. The van der Waals surface area contributed by atoms with Crippen LogP contribution in [0, 0.1) is 6.92 Å². The van der Waals surface area contributed by atoms with Crippen molar-refractivity contribution >= 4 is 209 Å². The Morgan fingerprint density at radius 1 is 0.486 bits per heavy atom. The molecule has 0 heterocycles. The maximum atomic E-state index is 6.65. The van der Waals surface area contributed by atoms with E-state index in [-0.39, 0.29) is 29.5 Å². The van der Waals surface area contributed by atoms with Crippen molar-refractivity contribution in [2.75, 3.05) is 0 Å². The number of alkyl halides is 18. The highest BCUT2D eigenvalue weighted by molar-refractivity contribution is 6.81. The molecule has 1 aromatic carbocycles. The van der Waals surface area contributed by atoms with Gasteiger partial charge < -0.3 is 0 Å². The van der Waals surface area contributed by atoms with Crippen LogP contribution in [-0.2, 0) is 15.1 Å². The van der Waals surface area contributed by atoms with Crippen molar-refractivity contribution < 1.29 is 0 Å². The van der Waals surface area contributed by atoms with E-state index in [1.165, 1.54) is 18.2 Å². The highest BCUT2D eigenvalue weighted by Gasteiger charge is 2.71. The lowest BCUT2D eigenvalue weighted by atomic mass is 9.89. The van der Waals surface area contributed by atoms with Gasteiger partial charge in [-0.3, -0.25) is 0 Å². The van der Waals surface area contributed by atoms with Gasteiger partial charge in [-0.05, 0) is 29.5 Å². The summed E-state index contributed by atoms with van der Waals surface area (Å²) in [5, 5.41) is 0. The number of rotatable bonds is 8. The molecular weight excluding hydrogens is 842 g/mol. The predicted octanol–water partition coefficient (Wildman–Crippen LogP) is 13.2. The van der Waals surface area contributed by atoms with Gasteiger partial charge in [0.15, 0.2) is 17.3 Å². The highest BCUT2D eigenvalue weighted by Crippen LogP contribution is 2.68. The van der Waals surface area contributed by atoms with Crippen LogP contribution in [-0.4, -0.2) is 24.9 Å². The van der Waals surface area contributed by atoms with E-state index >= 15 is 0 Å². The van der Waals surface area contributed by atoms with Gasteiger partial charge in [0, 0.05) is 0 Å². The average Bonchev–Trinajstić information content (AvgIpc) is 2.65. The first-order chi connectivity index (χ1) is 15.2. The molecule has 0 aliphatic carbocycles. The summed E-state index contributed by atoms with van der Waals surface area (Å²) in [5.74, 6) is 0. The van der Waals surface area contributed by atoms with Crippen molar-refractivity contribution in [3.8, 4) is 0 Å². The molecule has 1 radical (unpaired) electrons. The van der Waals surface area contributed by atoms with E-state index in [0.717, 1.165) is 0 Å². The molecule has 0 aliphatic heterocycles. The lowest BCUT2D eigenvalue weighted by Gasteiger charge is -2.46. The smallest absolute Gasteiger partial charge is 0.0943 e. The summed E-state index contributed by atoms with van der Waals surface area (Å²) in [5.41, 5.74) is 0.103. The third kappa shape index (κ3) is 6.68. The Labute approximate surface area is 293 Å². The molecule has 0 N–H and O–H groups in total. The van der Waals surface area contributed by atoms with E-state index in [1.807, 2.05) is 0 Å². The SMILES string of the molecule is [CH2]CCc1c(C(Cl)(Cl)C(Cl)(Cl)C(Cl)(Cl)C(Cl)(Cl)Cl)cccc1C(Cl)(Cl)C(Cl)(Cl)C(Cl)(Cl)C(Cl)(Cl)Cl. The van der Waals surface area contributed by atoms with Crippen LogP contribution in [0.5, 0.6) is 0 Å². The lowest BCUT2D eigenvalue weighted by Crippen LogP contribution is -2.56. The molecule has 0 amide bonds. The fourth-order valence-electron chi connectivity index (χ4n) is 2.71. The van der Waals surface area contributed by atoms with Gasteiger partial charge in [0.25, 0.3) is 0 Å². The number of halogens is 18. The van der Waals surface area contributed by atoms with Crippen molar-refractivity contribution in [3.63, 3.8) is 0 Å². The van der Waals surface area contributed by atoms with E-state index in [9.17, 15) is 0 Å². The minimum Gasteiger partial charge on any atom is -0.0943 e. The predicted molar refractivity (Wildman–Crippen MR) is 165 cm³/mol. The zero-order valence-electron chi connectivity index (χ0n) is 16.2. The van der Waals surface area contributed by atoms with Crippen molar-refractivity contribution in [1.29, 1.82) is 0 Å². The molecule has 35 heavy (non-hydrogen) atoms. The first-order valence-electron chi connectivity index (χ1n) is 8.50. The molecule has 1 rings (SSSR count). The largest absolute Gasteiger partial charge is 0.226 e. The Morgan fingerprint density at radius 2 is 0.771 bits per heavy atom. The zero-order valence-corrected chi connectivity index (χ0v) is 29.8. The van der Waals surface area contributed by atoms with Gasteiger partial charge in [-0.15, -0.1) is 0 Å². The molecular formula is C17H9Cl18. The van der Waals surface area contributed by atoms with Crippen LogP contribution in [0.2, 0.25) is 0 Å². The quantitative estimate of drug-likeness (QED) is 0.229. The molecule has 0 saturated carbocycles. The topological polar surface area (TPSA) is 0 Å². The van der Waals surface area contributed by atoms with Crippen LogP contribution >= 0.6 is 209 Å². The van der Waals surface area contributed by atoms with Gasteiger partial charge in [0.2, 0.25) is 16.3 Å². The molecule has 0 nitrogen and oxygen atoms in total. The summed E-state index contributed by atoms with van der Waals surface area (Å²) in [7, 11) is 0. The fraction of sp³-hybridized carbons (Fsp3) is 0.588. The van der Waals surface area contributed by atoms with Crippen LogP contribution in [0.25, 0.3) is 0 Å².